The fourth-order valence-electron chi connectivity index (χ4n) is 3.50. The number of ether oxygens (including phenoxy) is 1. The second-order valence-electron chi connectivity index (χ2n) is 7.18. The summed E-state index contributed by atoms with van der Waals surface area (Å²) in [5.41, 5.74) is 4.09. The molecular formula is C22H21ClN4O3. The van der Waals surface area contributed by atoms with Crippen LogP contribution in [0.1, 0.15) is 23.7 Å². The van der Waals surface area contributed by atoms with Crippen molar-refractivity contribution in [2.45, 2.75) is 26.0 Å². The first kappa shape index (κ1) is 20.1. The van der Waals surface area contributed by atoms with Gasteiger partial charge in [-0.05, 0) is 36.8 Å². The lowest BCUT2D eigenvalue weighted by atomic mass is 10.1. The van der Waals surface area contributed by atoms with Gasteiger partial charge in [0.25, 0.3) is 5.91 Å². The third-order valence-electron chi connectivity index (χ3n) is 4.95. The number of nitrogens with zero attached hydrogens (tertiary/aromatic N) is 2. The van der Waals surface area contributed by atoms with Crippen LogP contribution >= 0.6 is 11.6 Å². The number of carbonyl (C=O) groups excluding carboxylic acids is 2. The number of nitrogens with one attached hydrogen (secondary N) is 2. The molecule has 0 aliphatic carbocycles. The molecule has 1 unspecified atom stereocenters. The number of halogens is 1. The predicted octanol–water partition coefficient (Wildman–Crippen LogP) is 4.18. The Balaban J connectivity index is 1.61. The normalized spacial score (nSPS) is 15.0. The van der Waals surface area contributed by atoms with E-state index in [0.29, 0.717) is 22.2 Å². The van der Waals surface area contributed by atoms with Crippen molar-refractivity contribution >= 4 is 34.9 Å². The summed E-state index contributed by atoms with van der Waals surface area (Å²) in [7, 11) is 1.58. The quantitative estimate of drug-likeness (QED) is 0.621. The van der Waals surface area contributed by atoms with Crippen LogP contribution in [0.4, 0.5) is 11.5 Å². The van der Waals surface area contributed by atoms with Crippen molar-refractivity contribution in [1.82, 2.24) is 9.78 Å². The number of anilines is 2. The molecule has 2 N–H and O–H groups in total. The molecule has 30 heavy (non-hydrogen) atoms. The largest absolute Gasteiger partial charge is 0.378 e. The number of carbonyl (C=O) groups is 2. The maximum atomic E-state index is 12.6. The minimum atomic E-state index is -0.734. The van der Waals surface area contributed by atoms with E-state index in [1.165, 1.54) is 0 Å². The minimum absolute atomic E-state index is 0.0269. The van der Waals surface area contributed by atoms with Crippen LogP contribution in [-0.4, -0.2) is 28.7 Å². The molecule has 1 atom stereocenters. The van der Waals surface area contributed by atoms with Crippen molar-refractivity contribution in [2.75, 3.05) is 17.7 Å². The molecule has 0 fully saturated rings. The maximum Gasteiger partial charge on any atom is 0.251 e. The molecular weight excluding hydrogens is 404 g/mol. The van der Waals surface area contributed by atoms with Crippen LogP contribution in [0.25, 0.3) is 11.1 Å². The molecule has 2 amide bonds. The van der Waals surface area contributed by atoms with Crippen molar-refractivity contribution in [2.24, 2.45) is 0 Å². The fraction of sp³-hybridized carbons (Fsp3) is 0.227. The molecule has 1 aliphatic heterocycles. The smallest absolute Gasteiger partial charge is 0.251 e. The molecule has 2 aromatic carbocycles. The number of hydrogen-bond acceptors (Lipinski definition) is 4. The molecule has 7 nitrogen and oxygen atoms in total. The maximum absolute atomic E-state index is 12.6. The van der Waals surface area contributed by atoms with E-state index in [4.69, 9.17) is 16.3 Å². The number of aryl methyl sites for hydroxylation is 1. The highest BCUT2D eigenvalue weighted by atomic mass is 35.5. The number of fused-ring (bicyclic) bond motifs is 1. The van der Waals surface area contributed by atoms with Gasteiger partial charge in [0.15, 0.2) is 0 Å². The number of amides is 2. The van der Waals surface area contributed by atoms with E-state index >= 15 is 0 Å². The van der Waals surface area contributed by atoms with Crippen molar-refractivity contribution in [1.29, 1.82) is 0 Å². The predicted molar refractivity (Wildman–Crippen MR) is 115 cm³/mol. The van der Waals surface area contributed by atoms with Crippen molar-refractivity contribution < 1.29 is 14.3 Å². The Labute approximate surface area is 179 Å². The third kappa shape index (κ3) is 3.94. The Kier molecular flexibility index (Phi) is 5.57. The van der Waals surface area contributed by atoms with Crippen molar-refractivity contribution in [3.8, 4) is 11.1 Å². The highest BCUT2D eigenvalue weighted by Crippen LogP contribution is 2.39. The average molecular weight is 425 g/mol. The molecule has 2 heterocycles. The van der Waals surface area contributed by atoms with Gasteiger partial charge in [-0.25, -0.2) is 4.68 Å². The lowest BCUT2D eigenvalue weighted by Crippen LogP contribution is -2.24. The summed E-state index contributed by atoms with van der Waals surface area (Å²) in [4.78, 5) is 25.2. The van der Waals surface area contributed by atoms with Crippen LogP contribution in [0.15, 0.2) is 48.5 Å². The topological polar surface area (TPSA) is 85.2 Å². The molecule has 154 valence electrons. The standard InChI is InChI=1S/C22H21ClN4O3/c1-13-3-9-16(10-4-13)24-19(28)11-18-22(29)25-21-20(14-5-7-15(23)8-6-14)17(12-30-2)26-27(18)21/h3-10,18H,11-12H2,1-2H3,(H,24,28)(H,25,29). The number of benzene rings is 2. The van der Waals surface area contributed by atoms with Crippen LogP contribution in [0.5, 0.6) is 0 Å². The summed E-state index contributed by atoms with van der Waals surface area (Å²) >= 11 is 6.01. The lowest BCUT2D eigenvalue weighted by molar-refractivity contribution is -0.123. The van der Waals surface area contributed by atoms with Gasteiger partial charge in [-0.15, -0.1) is 0 Å². The van der Waals surface area contributed by atoms with Gasteiger partial charge in [0.2, 0.25) is 5.91 Å². The Morgan fingerprint density at radius 1 is 1.20 bits per heavy atom. The van der Waals surface area contributed by atoms with E-state index in [9.17, 15) is 9.59 Å². The van der Waals surface area contributed by atoms with Crippen molar-refractivity contribution in [3.63, 3.8) is 0 Å². The molecule has 0 radical (unpaired) electrons. The first-order chi connectivity index (χ1) is 14.5. The Bertz CT molecular complexity index is 1090. The highest BCUT2D eigenvalue weighted by molar-refractivity contribution is 6.30. The first-order valence-corrected chi connectivity index (χ1v) is 9.87. The van der Waals surface area contributed by atoms with Crippen LogP contribution in [-0.2, 0) is 20.9 Å². The van der Waals surface area contributed by atoms with Crippen molar-refractivity contribution in [3.05, 3.63) is 64.8 Å². The van der Waals surface area contributed by atoms with Crippen LogP contribution in [0.2, 0.25) is 5.02 Å². The van der Waals surface area contributed by atoms with Crippen LogP contribution in [0.3, 0.4) is 0 Å². The molecule has 4 rings (SSSR count). The minimum Gasteiger partial charge on any atom is -0.378 e. The third-order valence-corrected chi connectivity index (χ3v) is 5.20. The molecule has 1 aromatic heterocycles. The number of hydrogen-bond donors (Lipinski definition) is 2. The van der Waals surface area contributed by atoms with E-state index in [0.717, 1.165) is 16.7 Å². The van der Waals surface area contributed by atoms with Crippen LogP contribution in [0, 0.1) is 6.92 Å². The number of aromatic nitrogens is 2. The zero-order valence-corrected chi connectivity index (χ0v) is 17.4. The van der Waals surface area contributed by atoms with Gasteiger partial charge in [-0.1, -0.05) is 41.4 Å². The second kappa shape index (κ2) is 8.30. The Morgan fingerprint density at radius 2 is 1.90 bits per heavy atom. The molecule has 1 aliphatic rings. The van der Waals surface area contributed by atoms with Gasteiger partial charge in [-0.3, -0.25) is 9.59 Å². The summed E-state index contributed by atoms with van der Waals surface area (Å²) in [5.74, 6) is 0.0296. The molecule has 0 saturated heterocycles. The monoisotopic (exact) mass is 424 g/mol. The van der Waals surface area contributed by atoms with E-state index in [-0.39, 0.29) is 24.8 Å². The average Bonchev–Trinajstić information content (AvgIpc) is 3.20. The van der Waals surface area contributed by atoms with Gasteiger partial charge in [-0.2, -0.15) is 5.10 Å². The SMILES string of the molecule is COCc1nn2c(c1-c1ccc(Cl)cc1)NC(=O)C2CC(=O)Nc1ccc(C)cc1. The summed E-state index contributed by atoms with van der Waals surface area (Å²) in [5, 5.41) is 10.9. The molecule has 8 heteroatoms. The Hall–Kier alpha value is -3.16. The van der Waals surface area contributed by atoms with Gasteiger partial charge >= 0.3 is 0 Å². The molecule has 0 spiro atoms. The molecule has 0 bridgehead atoms. The van der Waals surface area contributed by atoms with E-state index < -0.39 is 6.04 Å². The number of methoxy groups -OCH3 is 1. The fourth-order valence-corrected chi connectivity index (χ4v) is 3.62. The zero-order chi connectivity index (χ0) is 21.3. The van der Waals surface area contributed by atoms with Gasteiger partial charge < -0.3 is 15.4 Å². The summed E-state index contributed by atoms with van der Waals surface area (Å²) in [6.07, 6.45) is -0.0269. The van der Waals surface area contributed by atoms with Crippen LogP contribution < -0.4 is 10.6 Å². The zero-order valence-electron chi connectivity index (χ0n) is 16.6. The molecule has 3 aromatic rings. The van der Waals surface area contributed by atoms with E-state index in [2.05, 4.69) is 15.7 Å². The number of rotatable bonds is 6. The van der Waals surface area contributed by atoms with Gasteiger partial charge in [0.05, 0.1) is 18.7 Å². The second-order valence-corrected chi connectivity index (χ2v) is 7.61. The first-order valence-electron chi connectivity index (χ1n) is 9.50. The summed E-state index contributed by atoms with van der Waals surface area (Å²) in [6, 6.07) is 14.0. The van der Waals surface area contributed by atoms with E-state index in [1.807, 2.05) is 43.3 Å². The van der Waals surface area contributed by atoms with Gasteiger partial charge in [0.1, 0.15) is 11.9 Å². The van der Waals surface area contributed by atoms with Gasteiger partial charge in [0, 0.05) is 23.4 Å². The van der Waals surface area contributed by atoms with E-state index in [1.54, 1.807) is 23.9 Å². The summed E-state index contributed by atoms with van der Waals surface area (Å²) in [6.45, 7) is 2.25. The highest BCUT2D eigenvalue weighted by Gasteiger charge is 2.37. The lowest BCUT2D eigenvalue weighted by Gasteiger charge is -2.10. The molecule has 0 saturated carbocycles. The summed E-state index contributed by atoms with van der Waals surface area (Å²) < 4.78 is 6.87. The Morgan fingerprint density at radius 3 is 2.57 bits per heavy atom.